The number of hydrogen-bond donors (Lipinski definition) is 1. The van der Waals surface area contributed by atoms with Crippen LogP contribution in [0.25, 0.3) is 0 Å². The van der Waals surface area contributed by atoms with Gasteiger partial charge in [0.25, 0.3) is 0 Å². The monoisotopic (exact) mass is 310 g/mol. The molecule has 0 amide bonds. The Morgan fingerprint density at radius 1 is 1.20 bits per heavy atom. The molecule has 0 aromatic carbocycles. The van der Waals surface area contributed by atoms with Crippen molar-refractivity contribution in [2.75, 3.05) is 6.61 Å². The van der Waals surface area contributed by atoms with Gasteiger partial charge >= 0.3 is 30.2 Å². The SMILES string of the molecule is C=C(C)C(=O)O.CC(=O)OCC(F)(F)C(F)(F)C(F)F. The third-order valence-electron chi connectivity index (χ3n) is 1.58. The molecular formula is C10H12F6O4. The van der Waals surface area contributed by atoms with E-state index in [9.17, 15) is 35.9 Å². The number of carbonyl (C=O) groups is 2. The van der Waals surface area contributed by atoms with Crippen molar-refractivity contribution in [3.8, 4) is 0 Å². The summed E-state index contributed by atoms with van der Waals surface area (Å²) in [5, 5.41) is 7.89. The maximum Gasteiger partial charge on any atom is 0.372 e. The molecule has 0 rings (SSSR count). The molecule has 0 saturated heterocycles. The van der Waals surface area contributed by atoms with Crippen LogP contribution >= 0.6 is 0 Å². The topological polar surface area (TPSA) is 63.6 Å². The van der Waals surface area contributed by atoms with Crippen LogP contribution in [0.3, 0.4) is 0 Å². The number of rotatable bonds is 5. The quantitative estimate of drug-likeness (QED) is 0.482. The molecule has 0 aliphatic heterocycles. The Morgan fingerprint density at radius 3 is 1.75 bits per heavy atom. The van der Waals surface area contributed by atoms with Gasteiger partial charge in [-0.15, -0.1) is 0 Å². The molecule has 1 N–H and O–H groups in total. The van der Waals surface area contributed by atoms with Crippen molar-refractivity contribution in [1.82, 2.24) is 0 Å². The maximum absolute atomic E-state index is 12.3. The second kappa shape index (κ2) is 7.75. The van der Waals surface area contributed by atoms with Crippen LogP contribution in [0.2, 0.25) is 0 Å². The van der Waals surface area contributed by atoms with Crippen molar-refractivity contribution in [3.63, 3.8) is 0 Å². The molecule has 4 nitrogen and oxygen atoms in total. The number of esters is 1. The highest BCUT2D eigenvalue weighted by Gasteiger charge is 2.63. The zero-order chi connectivity index (χ0) is 16.7. The van der Waals surface area contributed by atoms with Gasteiger partial charge in [-0.1, -0.05) is 6.58 Å². The molecule has 0 fully saturated rings. The smallest absolute Gasteiger partial charge is 0.372 e. The summed E-state index contributed by atoms with van der Waals surface area (Å²) in [5.74, 6) is -12.8. The van der Waals surface area contributed by atoms with E-state index in [1.165, 1.54) is 6.92 Å². The minimum atomic E-state index is -5.51. The van der Waals surface area contributed by atoms with Crippen LogP contribution in [0, 0.1) is 0 Å². The van der Waals surface area contributed by atoms with E-state index in [1.54, 1.807) is 0 Å². The van der Waals surface area contributed by atoms with Gasteiger partial charge in [-0.3, -0.25) is 4.79 Å². The van der Waals surface area contributed by atoms with Gasteiger partial charge in [-0.25, -0.2) is 13.6 Å². The Bertz CT molecular complexity index is 355. The lowest BCUT2D eigenvalue weighted by molar-refractivity contribution is -0.276. The Labute approximate surface area is 110 Å². The van der Waals surface area contributed by atoms with Crippen molar-refractivity contribution in [1.29, 1.82) is 0 Å². The largest absolute Gasteiger partial charge is 0.478 e. The lowest BCUT2D eigenvalue weighted by Crippen LogP contribution is -2.49. The van der Waals surface area contributed by atoms with E-state index in [0.29, 0.717) is 6.92 Å². The van der Waals surface area contributed by atoms with Crippen molar-refractivity contribution in [2.24, 2.45) is 0 Å². The summed E-state index contributed by atoms with van der Waals surface area (Å²) in [5.41, 5.74) is 0.176. The van der Waals surface area contributed by atoms with Crippen LogP contribution in [0.5, 0.6) is 0 Å². The van der Waals surface area contributed by atoms with Crippen molar-refractivity contribution in [2.45, 2.75) is 32.1 Å². The molecule has 20 heavy (non-hydrogen) atoms. The fourth-order valence-electron chi connectivity index (χ4n) is 0.448. The van der Waals surface area contributed by atoms with Gasteiger partial charge in [0, 0.05) is 12.5 Å². The van der Waals surface area contributed by atoms with E-state index in [-0.39, 0.29) is 5.57 Å². The van der Waals surface area contributed by atoms with Crippen LogP contribution in [0.1, 0.15) is 13.8 Å². The first-order chi connectivity index (χ1) is 8.75. The third kappa shape index (κ3) is 7.00. The van der Waals surface area contributed by atoms with Crippen LogP contribution < -0.4 is 0 Å². The second-order valence-electron chi connectivity index (χ2n) is 3.49. The molecule has 118 valence electrons. The van der Waals surface area contributed by atoms with Gasteiger partial charge < -0.3 is 9.84 Å². The summed E-state index contributed by atoms with van der Waals surface area (Å²) in [7, 11) is 0. The summed E-state index contributed by atoms with van der Waals surface area (Å²) in [6, 6.07) is 0. The first-order valence-corrected chi connectivity index (χ1v) is 4.81. The fraction of sp³-hybridized carbons (Fsp3) is 0.600. The number of ether oxygens (including phenoxy) is 1. The average molecular weight is 310 g/mol. The highest BCUT2D eigenvalue weighted by atomic mass is 19.3. The van der Waals surface area contributed by atoms with Gasteiger partial charge in [0.2, 0.25) is 0 Å². The van der Waals surface area contributed by atoms with Crippen molar-refractivity contribution in [3.05, 3.63) is 12.2 Å². The first kappa shape index (κ1) is 20.6. The number of carboxylic acid groups (broad SMARTS) is 1. The summed E-state index contributed by atoms with van der Waals surface area (Å²) in [6.07, 6.45) is -4.52. The summed E-state index contributed by atoms with van der Waals surface area (Å²) in [6.45, 7) is 3.22. The van der Waals surface area contributed by atoms with Crippen LogP contribution in [-0.2, 0) is 14.3 Å². The number of aliphatic carboxylic acids is 1. The number of hydrogen-bond acceptors (Lipinski definition) is 3. The summed E-state index contributed by atoms with van der Waals surface area (Å²) < 4.78 is 75.2. The number of carbonyl (C=O) groups excluding carboxylic acids is 1. The Hall–Kier alpha value is -1.74. The van der Waals surface area contributed by atoms with Crippen LogP contribution in [0.15, 0.2) is 12.2 Å². The zero-order valence-corrected chi connectivity index (χ0v) is 10.4. The highest BCUT2D eigenvalue weighted by Crippen LogP contribution is 2.39. The van der Waals surface area contributed by atoms with E-state index in [0.717, 1.165) is 0 Å². The molecule has 0 bridgehead atoms. The molecule has 0 aromatic rings. The van der Waals surface area contributed by atoms with Gasteiger partial charge in [-0.2, -0.15) is 17.6 Å². The van der Waals surface area contributed by atoms with E-state index < -0.39 is 36.8 Å². The minimum absolute atomic E-state index is 0.176. The number of halogens is 6. The molecule has 0 aromatic heterocycles. The molecule has 0 aliphatic rings. The molecule has 10 heteroatoms. The normalized spacial score (nSPS) is 11.4. The second-order valence-corrected chi connectivity index (χ2v) is 3.49. The molecule has 0 radical (unpaired) electrons. The highest BCUT2D eigenvalue weighted by molar-refractivity contribution is 5.84. The molecular weight excluding hydrogens is 298 g/mol. The Kier molecular flexibility index (Phi) is 7.98. The standard InChI is InChI=1S/C6H6F6O2.C4H6O2/c1-3(13)14-2-5(9,10)6(11,12)4(7)8;1-3(2)4(5)6/h4H,2H2,1H3;1H2,2H3,(H,5,6). The van der Waals surface area contributed by atoms with Crippen molar-refractivity contribution < 1.29 is 45.8 Å². The summed E-state index contributed by atoms with van der Waals surface area (Å²) >= 11 is 0. The Morgan fingerprint density at radius 2 is 1.55 bits per heavy atom. The average Bonchev–Trinajstić information content (AvgIpc) is 2.26. The van der Waals surface area contributed by atoms with E-state index in [1.807, 2.05) is 0 Å². The van der Waals surface area contributed by atoms with Gasteiger partial charge in [0.1, 0.15) is 0 Å². The number of carboxylic acids is 1. The van der Waals surface area contributed by atoms with Gasteiger partial charge in [0.15, 0.2) is 6.61 Å². The minimum Gasteiger partial charge on any atom is -0.478 e. The lowest BCUT2D eigenvalue weighted by atomic mass is 10.2. The molecule has 0 aliphatic carbocycles. The van der Waals surface area contributed by atoms with Gasteiger partial charge in [0.05, 0.1) is 0 Å². The molecule has 0 heterocycles. The predicted molar refractivity (Wildman–Crippen MR) is 55.0 cm³/mol. The van der Waals surface area contributed by atoms with Crippen LogP contribution in [0.4, 0.5) is 26.3 Å². The molecule has 0 spiro atoms. The van der Waals surface area contributed by atoms with E-state index in [4.69, 9.17) is 5.11 Å². The van der Waals surface area contributed by atoms with Crippen LogP contribution in [-0.4, -0.2) is 41.9 Å². The first-order valence-electron chi connectivity index (χ1n) is 4.81. The lowest BCUT2D eigenvalue weighted by Gasteiger charge is -2.24. The summed E-state index contributed by atoms with van der Waals surface area (Å²) in [4.78, 5) is 19.6. The van der Waals surface area contributed by atoms with E-state index >= 15 is 0 Å². The fourth-order valence-corrected chi connectivity index (χ4v) is 0.448. The third-order valence-corrected chi connectivity index (χ3v) is 1.58. The molecule has 0 saturated carbocycles. The van der Waals surface area contributed by atoms with Crippen molar-refractivity contribution >= 4 is 11.9 Å². The zero-order valence-electron chi connectivity index (χ0n) is 10.4. The van der Waals surface area contributed by atoms with E-state index in [2.05, 4.69) is 11.3 Å². The van der Waals surface area contributed by atoms with Gasteiger partial charge in [-0.05, 0) is 6.92 Å². The number of alkyl halides is 6. The maximum atomic E-state index is 12.3. The predicted octanol–water partition coefficient (Wildman–Crippen LogP) is 2.73. The molecule has 0 unspecified atom stereocenters. The molecule has 0 atom stereocenters. The Balaban J connectivity index is 0.